The van der Waals surface area contributed by atoms with Crippen LogP contribution in [0.1, 0.15) is 63.6 Å². The van der Waals surface area contributed by atoms with E-state index < -0.39 is 11.4 Å². The number of hydrogen-bond acceptors (Lipinski definition) is 2. The highest BCUT2D eigenvalue weighted by atomic mass is 32.2. The largest absolute Gasteiger partial charge is 0.598 e. The maximum Gasteiger partial charge on any atom is 0.136 e. The van der Waals surface area contributed by atoms with Crippen LogP contribution in [0.2, 0.25) is 0 Å². The molecule has 0 spiro atoms. The molecule has 1 unspecified atom stereocenters. The third-order valence-corrected chi connectivity index (χ3v) is 4.98. The fourth-order valence-corrected chi connectivity index (χ4v) is 2.72. The van der Waals surface area contributed by atoms with Gasteiger partial charge in [0.1, 0.15) is 4.75 Å². The fourth-order valence-electron chi connectivity index (χ4n) is 1.90. The average Bonchev–Trinajstić information content (AvgIpc) is 3.11. The number of rotatable bonds is 4. The minimum atomic E-state index is -1.02. The van der Waals surface area contributed by atoms with E-state index >= 15 is 0 Å². The molecule has 1 aromatic rings. The summed E-state index contributed by atoms with van der Waals surface area (Å²) in [4.78, 5) is 0. The van der Waals surface area contributed by atoms with Gasteiger partial charge in [-0.2, -0.15) is 0 Å². The number of hydrogen-bond donors (Lipinski definition) is 1. The molecule has 0 amide bonds. The van der Waals surface area contributed by atoms with Crippen LogP contribution in [-0.2, 0) is 11.4 Å². The zero-order chi connectivity index (χ0) is 13.3. The fraction of sp³-hybridized carbons (Fsp3) is 0.600. The van der Waals surface area contributed by atoms with Crippen LogP contribution >= 0.6 is 0 Å². The van der Waals surface area contributed by atoms with Gasteiger partial charge in [-0.05, 0) is 57.6 Å². The predicted molar refractivity (Wildman–Crippen MR) is 77.9 cm³/mol. The Bertz CT molecular complexity index is 409. The van der Waals surface area contributed by atoms with E-state index in [9.17, 15) is 4.55 Å². The first kappa shape index (κ1) is 13.9. The van der Waals surface area contributed by atoms with E-state index in [4.69, 9.17) is 0 Å². The van der Waals surface area contributed by atoms with Crippen molar-refractivity contribution in [1.82, 2.24) is 4.72 Å². The van der Waals surface area contributed by atoms with E-state index in [2.05, 4.69) is 35.9 Å². The first-order valence-corrected chi connectivity index (χ1v) is 7.81. The molecule has 100 valence electrons. The maximum atomic E-state index is 12.1. The number of nitrogens with one attached hydrogen (secondary N) is 1. The molecule has 2 atom stereocenters. The Balaban J connectivity index is 2.04. The summed E-state index contributed by atoms with van der Waals surface area (Å²) >= 11 is -1.02. The van der Waals surface area contributed by atoms with Gasteiger partial charge < -0.3 is 4.55 Å². The van der Waals surface area contributed by atoms with Gasteiger partial charge in [0, 0.05) is 11.4 Å². The molecule has 0 heterocycles. The lowest BCUT2D eigenvalue weighted by molar-refractivity contribution is 0.531. The summed E-state index contributed by atoms with van der Waals surface area (Å²) in [5.74, 6) is 0.769. The summed E-state index contributed by atoms with van der Waals surface area (Å²) in [5.41, 5.74) is 2.67. The minimum absolute atomic E-state index is 0.128. The first-order chi connectivity index (χ1) is 8.38. The quantitative estimate of drug-likeness (QED) is 0.843. The van der Waals surface area contributed by atoms with Crippen molar-refractivity contribution in [2.45, 2.75) is 57.2 Å². The van der Waals surface area contributed by atoms with Gasteiger partial charge in [0.05, 0.1) is 6.04 Å². The van der Waals surface area contributed by atoms with Crippen LogP contribution in [0.25, 0.3) is 0 Å². The molecule has 1 N–H and O–H groups in total. The van der Waals surface area contributed by atoms with E-state index in [0.717, 1.165) is 5.92 Å². The SMILES string of the molecule is C[C@@H](N[S+]([O-])C(C)(C)C)c1cccc(C2CC2)c1. The normalized spacial score (nSPS) is 19.6. The molecule has 1 saturated carbocycles. The summed E-state index contributed by atoms with van der Waals surface area (Å²) in [6.07, 6.45) is 2.64. The van der Waals surface area contributed by atoms with Crippen molar-refractivity contribution >= 4 is 11.4 Å². The van der Waals surface area contributed by atoms with Crippen molar-refractivity contribution in [2.75, 3.05) is 0 Å². The van der Waals surface area contributed by atoms with Crippen LogP contribution in [0.4, 0.5) is 0 Å². The summed E-state index contributed by atoms with van der Waals surface area (Å²) in [6.45, 7) is 8.05. The molecule has 2 rings (SSSR count). The molecular formula is C15H23NOS. The third kappa shape index (κ3) is 3.50. The van der Waals surface area contributed by atoms with E-state index in [-0.39, 0.29) is 10.8 Å². The smallest absolute Gasteiger partial charge is 0.136 e. The molecule has 0 radical (unpaired) electrons. The van der Waals surface area contributed by atoms with Gasteiger partial charge in [0.25, 0.3) is 0 Å². The van der Waals surface area contributed by atoms with Gasteiger partial charge in [-0.3, -0.25) is 0 Å². The van der Waals surface area contributed by atoms with Crippen LogP contribution in [0.5, 0.6) is 0 Å². The van der Waals surface area contributed by atoms with Gasteiger partial charge in [0.15, 0.2) is 0 Å². The highest BCUT2D eigenvalue weighted by Crippen LogP contribution is 2.40. The van der Waals surface area contributed by atoms with Gasteiger partial charge in [-0.1, -0.05) is 24.3 Å². The van der Waals surface area contributed by atoms with E-state index in [0.29, 0.717) is 0 Å². The molecule has 1 aliphatic rings. The summed E-state index contributed by atoms with van der Waals surface area (Å²) in [5, 5.41) is 0. The monoisotopic (exact) mass is 265 g/mol. The molecule has 3 heteroatoms. The summed E-state index contributed by atoms with van der Waals surface area (Å²) < 4.78 is 15.1. The molecular weight excluding hydrogens is 242 g/mol. The van der Waals surface area contributed by atoms with E-state index in [1.165, 1.54) is 24.0 Å². The highest BCUT2D eigenvalue weighted by Gasteiger charge is 2.29. The lowest BCUT2D eigenvalue weighted by atomic mass is 10.0. The van der Waals surface area contributed by atoms with Crippen LogP contribution in [-0.4, -0.2) is 9.30 Å². The molecule has 0 aromatic heterocycles. The van der Waals surface area contributed by atoms with Crippen molar-refractivity contribution in [3.63, 3.8) is 0 Å². The molecule has 0 bridgehead atoms. The van der Waals surface area contributed by atoms with Crippen LogP contribution in [0.3, 0.4) is 0 Å². The third-order valence-electron chi connectivity index (χ3n) is 3.30. The van der Waals surface area contributed by atoms with Crippen molar-refractivity contribution in [1.29, 1.82) is 0 Å². The molecule has 1 aliphatic carbocycles. The van der Waals surface area contributed by atoms with Gasteiger partial charge in [0.2, 0.25) is 0 Å². The van der Waals surface area contributed by atoms with Crippen molar-refractivity contribution in [3.05, 3.63) is 35.4 Å². The van der Waals surface area contributed by atoms with Crippen molar-refractivity contribution < 1.29 is 4.55 Å². The lowest BCUT2D eigenvalue weighted by Gasteiger charge is -2.26. The molecule has 18 heavy (non-hydrogen) atoms. The summed E-state index contributed by atoms with van der Waals surface area (Å²) in [6, 6.07) is 8.82. The minimum Gasteiger partial charge on any atom is -0.598 e. The van der Waals surface area contributed by atoms with Crippen LogP contribution < -0.4 is 4.72 Å². The second-order valence-electron chi connectivity index (χ2n) is 6.17. The Morgan fingerprint density at radius 1 is 1.33 bits per heavy atom. The van der Waals surface area contributed by atoms with Crippen molar-refractivity contribution in [2.24, 2.45) is 0 Å². The Morgan fingerprint density at radius 3 is 2.56 bits per heavy atom. The first-order valence-electron chi connectivity index (χ1n) is 6.66. The lowest BCUT2D eigenvalue weighted by Crippen LogP contribution is -2.40. The predicted octanol–water partition coefficient (Wildman–Crippen LogP) is 3.68. The Labute approximate surface area is 113 Å². The molecule has 2 nitrogen and oxygen atoms in total. The standard InChI is InChI=1S/C15H23NOS/c1-11(16-18(17)15(2,3)4)13-6-5-7-14(10-13)12-8-9-12/h5-7,10-12,16H,8-9H2,1-4H3/t11-,18?/m1/s1. The highest BCUT2D eigenvalue weighted by molar-refractivity contribution is 7.90. The zero-order valence-electron chi connectivity index (χ0n) is 11.7. The molecule has 1 aromatic carbocycles. The zero-order valence-corrected chi connectivity index (χ0v) is 12.5. The van der Waals surface area contributed by atoms with Gasteiger partial charge in [-0.15, -0.1) is 4.72 Å². The molecule has 1 fully saturated rings. The molecule has 0 aliphatic heterocycles. The van der Waals surface area contributed by atoms with Gasteiger partial charge >= 0.3 is 0 Å². The Kier molecular flexibility index (Phi) is 4.05. The topological polar surface area (TPSA) is 35.1 Å². The van der Waals surface area contributed by atoms with Crippen LogP contribution in [0.15, 0.2) is 24.3 Å². The summed E-state index contributed by atoms with van der Waals surface area (Å²) in [7, 11) is 0. The molecule has 0 saturated heterocycles. The average molecular weight is 265 g/mol. The second-order valence-corrected chi connectivity index (χ2v) is 8.16. The maximum absolute atomic E-state index is 12.1. The number of benzene rings is 1. The Morgan fingerprint density at radius 2 is 2.00 bits per heavy atom. The van der Waals surface area contributed by atoms with Crippen LogP contribution in [0, 0.1) is 0 Å². The van der Waals surface area contributed by atoms with Gasteiger partial charge in [-0.25, -0.2) is 0 Å². The van der Waals surface area contributed by atoms with Crippen molar-refractivity contribution in [3.8, 4) is 0 Å². The Hall–Kier alpha value is -0.510. The van der Waals surface area contributed by atoms with E-state index in [1.807, 2.05) is 20.8 Å². The van der Waals surface area contributed by atoms with E-state index in [1.54, 1.807) is 0 Å². The second kappa shape index (κ2) is 5.24.